The van der Waals surface area contributed by atoms with Gasteiger partial charge in [0.1, 0.15) is 0 Å². The lowest BCUT2D eigenvalue weighted by Gasteiger charge is -2.04. The van der Waals surface area contributed by atoms with E-state index < -0.39 is 0 Å². The van der Waals surface area contributed by atoms with Crippen molar-refractivity contribution in [1.29, 1.82) is 0 Å². The highest BCUT2D eigenvalue weighted by molar-refractivity contribution is 6.17. The van der Waals surface area contributed by atoms with E-state index in [-0.39, 0.29) is 0 Å². The monoisotopic (exact) mass is 231 g/mol. The highest BCUT2D eigenvalue weighted by Gasteiger charge is 2.21. The summed E-state index contributed by atoms with van der Waals surface area (Å²) in [5, 5.41) is 2.47. The van der Waals surface area contributed by atoms with Crippen LogP contribution in [0.1, 0.15) is 5.56 Å². The molecule has 3 aromatic rings. The van der Waals surface area contributed by atoms with E-state index in [4.69, 9.17) is 5.73 Å². The second-order valence-corrected chi connectivity index (χ2v) is 4.98. The lowest BCUT2D eigenvalue weighted by atomic mass is 10.0. The number of rotatable bonds is 0. The van der Waals surface area contributed by atoms with Gasteiger partial charge in [-0.2, -0.15) is 0 Å². The normalized spacial score (nSPS) is 11.8. The molecular weight excluding hydrogens is 218 g/mol. The SMILES string of the molecule is Cc1ccc2c(c1)-c1cccc3c(N)ccc-2c13. The summed E-state index contributed by atoms with van der Waals surface area (Å²) >= 11 is 0. The van der Waals surface area contributed by atoms with Crippen LogP contribution in [0.5, 0.6) is 0 Å². The van der Waals surface area contributed by atoms with E-state index in [1.807, 2.05) is 6.07 Å². The molecule has 18 heavy (non-hydrogen) atoms. The average Bonchev–Trinajstić information content (AvgIpc) is 2.69. The van der Waals surface area contributed by atoms with Gasteiger partial charge in [0.15, 0.2) is 0 Å². The summed E-state index contributed by atoms with van der Waals surface area (Å²) in [6.45, 7) is 2.14. The third-order valence-electron chi connectivity index (χ3n) is 3.83. The van der Waals surface area contributed by atoms with E-state index in [9.17, 15) is 0 Å². The van der Waals surface area contributed by atoms with E-state index >= 15 is 0 Å². The fraction of sp³-hybridized carbons (Fsp3) is 0.0588. The minimum absolute atomic E-state index is 0.861. The molecule has 1 nitrogen and oxygen atoms in total. The van der Waals surface area contributed by atoms with Gasteiger partial charge in [-0.1, -0.05) is 48.0 Å². The summed E-state index contributed by atoms with van der Waals surface area (Å²) in [5.41, 5.74) is 13.5. The van der Waals surface area contributed by atoms with Gasteiger partial charge in [0.25, 0.3) is 0 Å². The van der Waals surface area contributed by atoms with E-state index in [1.165, 1.54) is 38.6 Å². The molecule has 0 radical (unpaired) electrons. The number of nitrogens with two attached hydrogens (primary N) is 1. The first-order valence-electron chi connectivity index (χ1n) is 6.18. The summed E-state index contributed by atoms with van der Waals surface area (Å²) in [7, 11) is 0. The molecule has 1 aliphatic rings. The standard InChI is InChI=1S/C17H13N/c1-10-5-6-11-13-7-8-16(18)14-4-2-3-12(17(13)14)15(11)9-10/h2-9H,18H2,1H3. The van der Waals surface area contributed by atoms with Crippen molar-refractivity contribution < 1.29 is 0 Å². The summed E-state index contributed by atoms with van der Waals surface area (Å²) < 4.78 is 0. The number of hydrogen-bond acceptors (Lipinski definition) is 1. The Labute approximate surface area is 106 Å². The zero-order chi connectivity index (χ0) is 12.3. The van der Waals surface area contributed by atoms with Crippen LogP contribution in [-0.2, 0) is 0 Å². The number of aryl methyl sites for hydroxylation is 1. The minimum atomic E-state index is 0.861. The number of benzene rings is 3. The molecule has 0 unspecified atom stereocenters. The fourth-order valence-electron chi connectivity index (χ4n) is 2.99. The smallest absolute Gasteiger partial charge is 0.0394 e. The average molecular weight is 231 g/mol. The molecule has 0 amide bonds. The molecule has 0 saturated carbocycles. The Morgan fingerprint density at radius 2 is 1.56 bits per heavy atom. The lowest BCUT2D eigenvalue weighted by Crippen LogP contribution is -1.86. The third-order valence-corrected chi connectivity index (χ3v) is 3.83. The Kier molecular flexibility index (Phi) is 1.69. The molecule has 0 atom stereocenters. The zero-order valence-corrected chi connectivity index (χ0v) is 10.2. The highest BCUT2D eigenvalue weighted by atomic mass is 14.6. The van der Waals surface area contributed by atoms with Gasteiger partial charge in [-0.3, -0.25) is 0 Å². The minimum Gasteiger partial charge on any atom is -0.398 e. The van der Waals surface area contributed by atoms with Crippen LogP contribution < -0.4 is 5.73 Å². The first kappa shape index (κ1) is 9.72. The van der Waals surface area contributed by atoms with Crippen LogP contribution >= 0.6 is 0 Å². The second kappa shape index (κ2) is 3.14. The summed E-state index contributed by atoms with van der Waals surface area (Å²) in [6.07, 6.45) is 0. The van der Waals surface area contributed by atoms with E-state index in [0.29, 0.717) is 0 Å². The van der Waals surface area contributed by atoms with Crippen LogP contribution in [0.15, 0.2) is 48.5 Å². The van der Waals surface area contributed by atoms with Crippen LogP contribution in [0, 0.1) is 6.92 Å². The molecule has 0 heterocycles. The van der Waals surface area contributed by atoms with Gasteiger partial charge in [0, 0.05) is 11.1 Å². The van der Waals surface area contributed by atoms with Crippen molar-refractivity contribution in [3.05, 3.63) is 54.1 Å². The first-order chi connectivity index (χ1) is 8.75. The van der Waals surface area contributed by atoms with Gasteiger partial charge < -0.3 is 5.73 Å². The van der Waals surface area contributed by atoms with Gasteiger partial charge in [0.05, 0.1) is 0 Å². The molecule has 2 N–H and O–H groups in total. The number of hydrogen-bond donors (Lipinski definition) is 1. The maximum absolute atomic E-state index is 6.09. The van der Waals surface area contributed by atoms with Crippen LogP contribution in [-0.4, -0.2) is 0 Å². The van der Waals surface area contributed by atoms with Crippen molar-refractivity contribution in [1.82, 2.24) is 0 Å². The van der Waals surface area contributed by atoms with Crippen molar-refractivity contribution in [2.75, 3.05) is 5.73 Å². The third kappa shape index (κ3) is 1.06. The van der Waals surface area contributed by atoms with Crippen molar-refractivity contribution in [3.8, 4) is 22.3 Å². The van der Waals surface area contributed by atoms with Gasteiger partial charge in [-0.15, -0.1) is 0 Å². The zero-order valence-electron chi connectivity index (χ0n) is 10.2. The summed E-state index contributed by atoms with van der Waals surface area (Å²) in [5.74, 6) is 0. The molecule has 1 aliphatic carbocycles. The van der Waals surface area contributed by atoms with Crippen molar-refractivity contribution in [2.24, 2.45) is 0 Å². The van der Waals surface area contributed by atoms with Crippen molar-refractivity contribution in [3.63, 3.8) is 0 Å². The molecular formula is C17H13N. The van der Waals surface area contributed by atoms with E-state index in [2.05, 4.69) is 49.4 Å². The van der Waals surface area contributed by atoms with E-state index in [0.717, 1.165) is 5.69 Å². The van der Waals surface area contributed by atoms with Crippen LogP contribution in [0.3, 0.4) is 0 Å². The molecule has 0 saturated heterocycles. The van der Waals surface area contributed by atoms with Gasteiger partial charge in [0.2, 0.25) is 0 Å². The molecule has 1 heteroatoms. The van der Waals surface area contributed by atoms with Gasteiger partial charge in [-0.05, 0) is 40.6 Å². The molecule has 86 valence electrons. The second-order valence-electron chi connectivity index (χ2n) is 4.98. The Bertz CT molecular complexity index is 800. The maximum Gasteiger partial charge on any atom is 0.0394 e. The van der Waals surface area contributed by atoms with Crippen LogP contribution in [0.4, 0.5) is 5.69 Å². The molecule has 3 aromatic carbocycles. The molecule has 0 fully saturated rings. The highest BCUT2D eigenvalue weighted by Crippen LogP contribution is 2.48. The molecule has 0 aliphatic heterocycles. The number of fused-ring (bicyclic) bond motifs is 3. The molecule has 0 spiro atoms. The molecule has 4 rings (SSSR count). The van der Waals surface area contributed by atoms with Crippen LogP contribution in [0.2, 0.25) is 0 Å². The first-order valence-corrected chi connectivity index (χ1v) is 6.18. The van der Waals surface area contributed by atoms with Gasteiger partial charge in [-0.25, -0.2) is 0 Å². The quantitative estimate of drug-likeness (QED) is 0.446. The number of anilines is 1. The fourth-order valence-corrected chi connectivity index (χ4v) is 2.99. The lowest BCUT2D eigenvalue weighted by molar-refractivity contribution is 1.48. The Hall–Kier alpha value is -2.28. The largest absolute Gasteiger partial charge is 0.398 e. The van der Waals surface area contributed by atoms with Crippen molar-refractivity contribution in [2.45, 2.75) is 6.92 Å². The molecule has 0 aromatic heterocycles. The molecule has 0 bridgehead atoms. The number of nitrogen functional groups attached to an aromatic ring is 1. The maximum atomic E-state index is 6.09. The summed E-state index contributed by atoms with van der Waals surface area (Å²) in [4.78, 5) is 0. The Balaban J connectivity index is 2.26. The Morgan fingerprint density at radius 1 is 0.778 bits per heavy atom. The predicted molar refractivity (Wildman–Crippen MR) is 77.5 cm³/mol. The Morgan fingerprint density at radius 3 is 2.44 bits per heavy atom. The van der Waals surface area contributed by atoms with Crippen LogP contribution in [0.25, 0.3) is 33.0 Å². The summed E-state index contributed by atoms with van der Waals surface area (Å²) in [6, 6.07) is 17.2. The van der Waals surface area contributed by atoms with Crippen molar-refractivity contribution >= 4 is 16.5 Å². The van der Waals surface area contributed by atoms with E-state index in [1.54, 1.807) is 0 Å². The topological polar surface area (TPSA) is 26.0 Å². The predicted octanol–water partition coefficient (Wildman–Crippen LogP) is 4.38. The van der Waals surface area contributed by atoms with Gasteiger partial charge >= 0.3 is 0 Å².